The predicted molar refractivity (Wildman–Crippen MR) is 60.8 cm³/mol. The smallest absolute Gasteiger partial charge is 0.149 e. The first-order chi connectivity index (χ1) is 7.58. The normalized spacial score (nSPS) is 10.7. The van der Waals surface area contributed by atoms with E-state index in [2.05, 4.69) is 4.98 Å². The second kappa shape index (κ2) is 4.00. The third-order valence-electron chi connectivity index (χ3n) is 2.53. The number of fused-ring (bicyclic) bond motifs is 1. The molecule has 0 saturated carbocycles. The van der Waals surface area contributed by atoms with Crippen LogP contribution in [0.3, 0.4) is 0 Å². The third-order valence-corrected chi connectivity index (χ3v) is 2.53. The van der Waals surface area contributed by atoms with Gasteiger partial charge in [-0.1, -0.05) is 12.1 Å². The molecule has 82 valence electrons. The number of Topliss-reactive ketones (excluding diaryl/α,β-unsaturated/α-hetero) is 1. The van der Waals surface area contributed by atoms with Gasteiger partial charge in [0, 0.05) is 17.5 Å². The molecule has 16 heavy (non-hydrogen) atoms. The molecule has 0 bridgehead atoms. The van der Waals surface area contributed by atoms with E-state index in [4.69, 9.17) is 0 Å². The summed E-state index contributed by atoms with van der Waals surface area (Å²) >= 11 is 0. The Hall–Kier alpha value is -1.77. The molecule has 0 radical (unpaired) electrons. The van der Waals surface area contributed by atoms with E-state index in [0.717, 1.165) is 10.9 Å². The van der Waals surface area contributed by atoms with Crippen LogP contribution in [0.25, 0.3) is 10.9 Å². The summed E-state index contributed by atoms with van der Waals surface area (Å²) in [5.41, 5.74) is 1.95. The summed E-state index contributed by atoms with van der Waals surface area (Å²) in [5, 5.41) is 0.738. The minimum absolute atomic E-state index is 0.0839. The molecule has 2 aromatic rings. The Morgan fingerprint density at radius 1 is 1.44 bits per heavy atom. The molecule has 0 spiro atoms. The highest BCUT2D eigenvalue weighted by atomic mass is 19.1. The van der Waals surface area contributed by atoms with Crippen LogP contribution in [0.4, 0.5) is 4.39 Å². The number of nitrogens with zero attached hydrogens (tertiary/aromatic N) is 1. The maximum Gasteiger partial charge on any atom is 0.149 e. The van der Waals surface area contributed by atoms with Gasteiger partial charge in [-0.3, -0.25) is 4.79 Å². The lowest BCUT2D eigenvalue weighted by Gasteiger charge is -2.06. The Kier molecular flexibility index (Phi) is 2.69. The van der Waals surface area contributed by atoms with Crippen LogP contribution in [0.2, 0.25) is 0 Å². The van der Waals surface area contributed by atoms with Gasteiger partial charge in [0.15, 0.2) is 0 Å². The molecular weight excluding hydrogens is 205 g/mol. The fourth-order valence-electron chi connectivity index (χ4n) is 1.75. The third kappa shape index (κ3) is 1.94. The van der Waals surface area contributed by atoms with Crippen molar-refractivity contribution in [3.05, 3.63) is 41.3 Å². The molecule has 0 aliphatic carbocycles. The van der Waals surface area contributed by atoms with E-state index in [-0.39, 0.29) is 11.6 Å². The van der Waals surface area contributed by atoms with E-state index in [9.17, 15) is 9.18 Å². The van der Waals surface area contributed by atoms with E-state index >= 15 is 0 Å². The molecule has 0 atom stereocenters. The highest BCUT2D eigenvalue weighted by Gasteiger charge is 2.07. The minimum atomic E-state index is -0.324. The molecule has 1 aromatic heterocycles. The Bertz CT molecular complexity index is 563. The van der Waals surface area contributed by atoms with Gasteiger partial charge in [0.25, 0.3) is 0 Å². The summed E-state index contributed by atoms with van der Waals surface area (Å²) in [7, 11) is 0. The SMILES string of the molecule is CC(=O)Cc1cc2cccc(F)c2nc1C. The average molecular weight is 217 g/mol. The van der Waals surface area contributed by atoms with Crippen molar-refractivity contribution in [2.45, 2.75) is 20.3 Å². The molecule has 0 amide bonds. The van der Waals surface area contributed by atoms with Crippen molar-refractivity contribution in [3.8, 4) is 0 Å². The summed E-state index contributed by atoms with van der Waals surface area (Å²) in [5.74, 6) is -0.240. The van der Waals surface area contributed by atoms with Gasteiger partial charge in [0.1, 0.15) is 17.1 Å². The average Bonchev–Trinajstić information content (AvgIpc) is 2.20. The Morgan fingerprint density at radius 3 is 2.88 bits per heavy atom. The molecule has 3 heteroatoms. The zero-order valence-corrected chi connectivity index (χ0v) is 9.25. The lowest BCUT2D eigenvalue weighted by atomic mass is 10.1. The highest BCUT2D eigenvalue weighted by Crippen LogP contribution is 2.19. The van der Waals surface area contributed by atoms with Crippen LogP contribution in [0.5, 0.6) is 0 Å². The largest absolute Gasteiger partial charge is 0.300 e. The predicted octanol–water partition coefficient (Wildman–Crippen LogP) is 2.81. The second-order valence-electron chi connectivity index (χ2n) is 3.92. The van der Waals surface area contributed by atoms with Crippen molar-refractivity contribution in [2.75, 3.05) is 0 Å². The number of halogens is 1. The van der Waals surface area contributed by atoms with Crippen LogP contribution in [0, 0.1) is 12.7 Å². The van der Waals surface area contributed by atoms with Crippen LogP contribution in [0.1, 0.15) is 18.2 Å². The summed E-state index contributed by atoms with van der Waals surface area (Å²) in [6, 6.07) is 6.67. The monoisotopic (exact) mass is 217 g/mol. The van der Waals surface area contributed by atoms with Crippen molar-refractivity contribution in [1.82, 2.24) is 4.98 Å². The van der Waals surface area contributed by atoms with Crippen LogP contribution >= 0.6 is 0 Å². The van der Waals surface area contributed by atoms with Crippen LogP contribution < -0.4 is 0 Å². The quantitative estimate of drug-likeness (QED) is 0.774. The Labute approximate surface area is 93.1 Å². The number of aromatic nitrogens is 1. The van der Waals surface area contributed by atoms with E-state index in [1.807, 2.05) is 6.07 Å². The summed E-state index contributed by atoms with van der Waals surface area (Å²) in [6.45, 7) is 3.33. The first-order valence-electron chi connectivity index (χ1n) is 5.12. The molecule has 0 saturated heterocycles. The molecule has 0 N–H and O–H groups in total. The lowest BCUT2D eigenvalue weighted by Crippen LogP contribution is -2.01. The number of hydrogen-bond acceptors (Lipinski definition) is 2. The zero-order chi connectivity index (χ0) is 11.7. The summed E-state index contributed by atoms with van der Waals surface area (Å²) in [4.78, 5) is 15.3. The van der Waals surface area contributed by atoms with E-state index < -0.39 is 0 Å². The number of para-hydroxylation sites is 1. The Morgan fingerprint density at radius 2 is 2.19 bits per heavy atom. The first-order valence-corrected chi connectivity index (χ1v) is 5.12. The molecule has 2 rings (SSSR count). The van der Waals surface area contributed by atoms with E-state index in [0.29, 0.717) is 17.6 Å². The first kappa shape index (κ1) is 10.7. The number of benzene rings is 1. The van der Waals surface area contributed by atoms with Gasteiger partial charge >= 0.3 is 0 Å². The van der Waals surface area contributed by atoms with E-state index in [1.54, 1.807) is 19.1 Å². The van der Waals surface area contributed by atoms with Crippen molar-refractivity contribution in [3.63, 3.8) is 0 Å². The topological polar surface area (TPSA) is 30.0 Å². The second-order valence-corrected chi connectivity index (χ2v) is 3.92. The molecular formula is C13H12FNO. The van der Waals surface area contributed by atoms with Crippen LogP contribution in [0.15, 0.2) is 24.3 Å². The standard InChI is InChI=1S/C13H12FNO/c1-8(16)6-11-7-10-4-3-5-12(14)13(10)15-9(11)2/h3-5,7H,6H2,1-2H3. The van der Waals surface area contributed by atoms with E-state index in [1.165, 1.54) is 13.0 Å². The molecule has 0 fully saturated rings. The van der Waals surface area contributed by atoms with Gasteiger partial charge in [0.05, 0.1) is 0 Å². The summed E-state index contributed by atoms with van der Waals surface area (Å²) < 4.78 is 13.4. The summed E-state index contributed by atoms with van der Waals surface area (Å²) in [6.07, 6.45) is 0.352. The van der Waals surface area contributed by atoms with Crippen molar-refractivity contribution < 1.29 is 9.18 Å². The molecule has 1 aromatic carbocycles. The van der Waals surface area contributed by atoms with Gasteiger partial charge in [-0.15, -0.1) is 0 Å². The van der Waals surface area contributed by atoms with Crippen LogP contribution in [-0.4, -0.2) is 10.8 Å². The zero-order valence-electron chi connectivity index (χ0n) is 9.25. The van der Waals surface area contributed by atoms with Gasteiger partial charge in [-0.05, 0) is 31.5 Å². The lowest BCUT2D eigenvalue weighted by molar-refractivity contribution is -0.116. The fourth-order valence-corrected chi connectivity index (χ4v) is 1.75. The van der Waals surface area contributed by atoms with Gasteiger partial charge in [-0.2, -0.15) is 0 Å². The van der Waals surface area contributed by atoms with Crippen molar-refractivity contribution >= 4 is 16.7 Å². The maximum absolute atomic E-state index is 13.4. The Balaban J connectivity index is 2.63. The number of pyridine rings is 1. The highest BCUT2D eigenvalue weighted by molar-refractivity contribution is 5.83. The number of hydrogen-bond donors (Lipinski definition) is 0. The van der Waals surface area contributed by atoms with Crippen molar-refractivity contribution in [2.24, 2.45) is 0 Å². The van der Waals surface area contributed by atoms with Gasteiger partial charge in [0.2, 0.25) is 0 Å². The molecule has 0 aliphatic rings. The number of rotatable bonds is 2. The molecule has 0 unspecified atom stereocenters. The van der Waals surface area contributed by atoms with Gasteiger partial charge in [-0.25, -0.2) is 9.37 Å². The minimum Gasteiger partial charge on any atom is -0.300 e. The molecule has 2 nitrogen and oxygen atoms in total. The number of ketones is 1. The number of carbonyl (C=O) groups excluding carboxylic acids is 1. The molecule has 0 aliphatic heterocycles. The fraction of sp³-hybridized carbons (Fsp3) is 0.231. The van der Waals surface area contributed by atoms with Crippen molar-refractivity contribution in [1.29, 1.82) is 0 Å². The number of carbonyl (C=O) groups is 1. The van der Waals surface area contributed by atoms with Crippen LogP contribution in [-0.2, 0) is 11.2 Å². The van der Waals surface area contributed by atoms with Gasteiger partial charge < -0.3 is 0 Å². The molecule has 1 heterocycles. The number of aryl methyl sites for hydroxylation is 1. The maximum atomic E-state index is 13.4.